The molecule has 0 aliphatic carbocycles. The number of phenolic OH excluding ortho intramolecular Hbond substituents is 1. The average molecular weight is 408 g/mol. The highest BCUT2D eigenvalue weighted by atomic mass is 79.9. The van der Waals surface area contributed by atoms with E-state index in [4.69, 9.17) is 0 Å². The van der Waals surface area contributed by atoms with Crippen LogP contribution in [0.15, 0.2) is 30.7 Å². The summed E-state index contributed by atoms with van der Waals surface area (Å²) >= 11 is 6.27. The number of aromatic amines is 2. The van der Waals surface area contributed by atoms with E-state index >= 15 is 0 Å². The number of phenols is 1. The van der Waals surface area contributed by atoms with Gasteiger partial charge in [-0.1, -0.05) is 15.9 Å². The molecule has 0 bridgehead atoms. The monoisotopic (exact) mass is 406 g/mol. The predicted octanol–water partition coefficient (Wildman–Crippen LogP) is 1.08. The lowest BCUT2D eigenvalue weighted by Gasteiger charge is -2.14. The minimum atomic E-state index is -1.62. The van der Waals surface area contributed by atoms with Crippen molar-refractivity contribution in [1.82, 2.24) is 9.97 Å². The molecule has 0 radical (unpaired) electrons. The fourth-order valence-corrected chi connectivity index (χ4v) is 2.95. The van der Waals surface area contributed by atoms with Crippen molar-refractivity contribution in [2.45, 2.75) is 6.10 Å². The third-order valence-electron chi connectivity index (χ3n) is 2.58. The summed E-state index contributed by atoms with van der Waals surface area (Å²) in [5, 5.41) is 29.7. The standard InChI is InChI=1S/C11H8Br2N2O5/c12-3-1-4(7(16)5(13)2-3)8(17)6-9(18)14-11(20)15-10(6)19/h1-2,8,16-17H,(H3,14,15,18,19,20). The number of benzene rings is 1. The Hall–Kier alpha value is -1.58. The Morgan fingerprint density at radius 2 is 1.75 bits per heavy atom. The van der Waals surface area contributed by atoms with Gasteiger partial charge in [0.1, 0.15) is 17.4 Å². The molecule has 20 heavy (non-hydrogen) atoms. The van der Waals surface area contributed by atoms with Crippen molar-refractivity contribution in [1.29, 1.82) is 0 Å². The molecule has 2 rings (SSSR count). The lowest BCUT2D eigenvalue weighted by Crippen LogP contribution is -2.27. The summed E-state index contributed by atoms with van der Waals surface area (Å²) in [4.78, 5) is 26.5. The summed E-state index contributed by atoms with van der Waals surface area (Å²) in [5.74, 6) is -1.05. The van der Waals surface area contributed by atoms with Gasteiger partial charge in [-0.25, -0.2) is 4.79 Å². The Bertz CT molecular complexity index is 783. The predicted molar refractivity (Wildman–Crippen MR) is 76.9 cm³/mol. The molecule has 1 aromatic heterocycles. The van der Waals surface area contributed by atoms with Gasteiger partial charge >= 0.3 is 5.69 Å². The molecule has 1 heterocycles. The summed E-state index contributed by atoms with van der Waals surface area (Å²) in [6.45, 7) is 0. The first kappa shape index (κ1) is 14.8. The maximum Gasteiger partial charge on any atom is 0.328 e. The van der Waals surface area contributed by atoms with Crippen LogP contribution >= 0.6 is 31.9 Å². The van der Waals surface area contributed by atoms with Crippen LogP contribution in [0.5, 0.6) is 11.6 Å². The maximum atomic E-state index is 11.7. The molecule has 7 nitrogen and oxygen atoms in total. The van der Waals surface area contributed by atoms with Gasteiger partial charge in [0, 0.05) is 10.0 Å². The van der Waals surface area contributed by atoms with Crippen molar-refractivity contribution < 1.29 is 15.3 Å². The molecule has 1 atom stereocenters. The number of aromatic hydroxyl groups is 2. The molecule has 0 amide bonds. The summed E-state index contributed by atoms with van der Waals surface area (Å²) in [7, 11) is 0. The third-order valence-corrected chi connectivity index (χ3v) is 3.65. The van der Waals surface area contributed by atoms with E-state index < -0.39 is 28.8 Å². The average Bonchev–Trinajstić information content (AvgIpc) is 2.32. The van der Waals surface area contributed by atoms with E-state index in [1.807, 2.05) is 9.97 Å². The maximum absolute atomic E-state index is 11.7. The first-order valence-electron chi connectivity index (χ1n) is 5.22. The quantitative estimate of drug-likeness (QED) is 0.509. The van der Waals surface area contributed by atoms with Crippen LogP contribution in [-0.4, -0.2) is 25.3 Å². The van der Waals surface area contributed by atoms with Crippen molar-refractivity contribution in [3.63, 3.8) is 0 Å². The van der Waals surface area contributed by atoms with Crippen molar-refractivity contribution in [2.24, 2.45) is 0 Å². The van der Waals surface area contributed by atoms with Gasteiger partial charge in [-0.05, 0) is 28.1 Å². The summed E-state index contributed by atoms with van der Waals surface area (Å²) < 4.78 is 0.831. The number of H-pyrrole nitrogens is 2. The molecule has 106 valence electrons. The van der Waals surface area contributed by atoms with Crippen LogP contribution in [0.4, 0.5) is 0 Å². The summed E-state index contributed by atoms with van der Waals surface area (Å²) in [5.41, 5.74) is -2.33. The second-order valence-electron chi connectivity index (χ2n) is 3.90. The zero-order chi connectivity index (χ0) is 15.0. The molecular weight excluding hydrogens is 400 g/mol. The van der Waals surface area contributed by atoms with Gasteiger partial charge in [-0.2, -0.15) is 0 Å². The van der Waals surface area contributed by atoms with Crippen LogP contribution < -0.4 is 11.2 Å². The largest absolute Gasteiger partial charge is 0.506 e. The topological polar surface area (TPSA) is 126 Å². The minimum absolute atomic E-state index is 0.0147. The van der Waals surface area contributed by atoms with Crippen molar-refractivity contribution in [3.8, 4) is 11.6 Å². The fourth-order valence-electron chi connectivity index (χ4n) is 1.69. The van der Waals surface area contributed by atoms with Gasteiger partial charge in [0.25, 0.3) is 5.56 Å². The van der Waals surface area contributed by atoms with Crippen LogP contribution in [0.25, 0.3) is 0 Å². The Balaban J connectivity index is 2.67. The highest BCUT2D eigenvalue weighted by Crippen LogP contribution is 2.37. The van der Waals surface area contributed by atoms with E-state index in [0.717, 1.165) is 0 Å². The Morgan fingerprint density at radius 1 is 1.10 bits per heavy atom. The number of halogens is 2. The zero-order valence-corrected chi connectivity index (χ0v) is 12.8. The number of aliphatic hydroxyl groups excluding tert-OH is 1. The van der Waals surface area contributed by atoms with Gasteiger partial charge in [-0.15, -0.1) is 0 Å². The van der Waals surface area contributed by atoms with Gasteiger partial charge in [0.05, 0.1) is 4.47 Å². The second-order valence-corrected chi connectivity index (χ2v) is 5.67. The van der Waals surface area contributed by atoms with Crippen molar-refractivity contribution >= 4 is 31.9 Å². The van der Waals surface area contributed by atoms with Crippen LogP contribution in [0, 0.1) is 0 Å². The van der Waals surface area contributed by atoms with Gasteiger partial charge < -0.3 is 15.3 Å². The van der Waals surface area contributed by atoms with Gasteiger partial charge in [-0.3, -0.25) is 14.8 Å². The third kappa shape index (κ3) is 2.65. The highest BCUT2D eigenvalue weighted by Gasteiger charge is 2.24. The lowest BCUT2D eigenvalue weighted by molar-refractivity contribution is 0.207. The van der Waals surface area contributed by atoms with E-state index in [0.29, 0.717) is 8.95 Å². The highest BCUT2D eigenvalue weighted by molar-refractivity contribution is 9.11. The molecule has 0 spiro atoms. The molecule has 1 aromatic carbocycles. The van der Waals surface area contributed by atoms with E-state index in [1.54, 1.807) is 6.07 Å². The smallest absolute Gasteiger partial charge is 0.328 e. The minimum Gasteiger partial charge on any atom is -0.506 e. The lowest BCUT2D eigenvalue weighted by atomic mass is 10.0. The number of aromatic nitrogens is 2. The molecule has 0 saturated carbocycles. The number of aliphatic hydroxyl groups is 1. The molecule has 0 fully saturated rings. The number of nitrogens with one attached hydrogen (secondary N) is 2. The van der Waals surface area contributed by atoms with Crippen molar-refractivity contribution in [2.75, 3.05) is 0 Å². The van der Waals surface area contributed by atoms with Gasteiger partial charge in [0.2, 0.25) is 5.88 Å². The van der Waals surface area contributed by atoms with Gasteiger partial charge in [0.15, 0.2) is 0 Å². The zero-order valence-electron chi connectivity index (χ0n) is 9.65. The first-order valence-corrected chi connectivity index (χ1v) is 6.81. The van der Waals surface area contributed by atoms with E-state index in [1.165, 1.54) is 6.07 Å². The van der Waals surface area contributed by atoms with Crippen LogP contribution in [0.1, 0.15) is 17.2 Å². The van der Waals surface area contributed by atoms with Crippen LogP contribution in [-0.2, 0) is 0 Å². The van der Waals surface area contributed by atoms with Crippen molar-refractivity contribution in [3.05, 3.63) is 53.0 Å². The SMILES string of the molecule is O=c1[nH]c(O)c(C(O)c2cc(Br)cc(Br)c2O)c(=O)[nH]1. The Morgan fingerprint density at radius 3 is 2.35 bits per heavy atom. The molecule has 0 aliphatic rings. The number of hydrogen-bond acceptors (Lipinski definition) is 5. The summed E-state index contributed by atoms with van der Waals surface area (Å²) in [6, 6.07) is 2.93. The fraction of sp³-hybridized carbons (Fsp3) is 0.0909. The molecule has 5 N–H and O–H groups in total. The number of rotatable bonds is 2. The van der Waals surface area contributed by atoms with Crippen LogP contribution in [0.2, 0.25) is 0 Å². The van der Waals surface area contributed by atoms with E-state index in [2.05, 4.69) is 31.9 Å². The normalized spacial score (nSPS) is 12.3. The van der Waals surface area contributed by atoms with Crippen LogP contribution in [0.3, 0.4) is 0 Å². The second kappa shape index (κ2) is 5.43. The Kier molecular flexibility index (Phi) is 4.02. The molecule has 0 aliphatic heterocycles. The molecule has 0 saturated heterocycles. The summed E-state index contributed by atoms with van der Waals surface area (Å²) in [6.07, 6.45) is -1.62. The van der Waals surface area contributed by atoms with E-state index in [9.17, 15) is 24.9 Å². The number of hydrogen-bond donors (Lipinski definition) is 5. The Labute approximate surface area is 128 Å². The molecular formula is C11H8Br2N2O5. The first-order chi connectivity index (χ1) is 9.31. The van der Waals surface area contributed by atoms with E-state index in [-0.39, 0.29) is 11.3 Å². The molecule has 2 aromatic rings. The molecule has 1 unspecified atom stereocenters. The molecule has 9 heteroatoms.